The van der Waals surface area contributed by atoms with Crippen LogP contribution in [0.3, 0.4) is 0 Å². The van der Waals surface area contributed by atoms with Crippen LogP contribution in [0.5, 0.6) is 5.75 Å². The molecular weight excluding hydrogens is 311 g/mol. The summed E-state index contributed by atoms with van der Waals surface area (Å²) in [6.45, 7) is 0. The third-order valence-electron chi connectivity index (χ3n) is 2.34. The molecular formula is C12H11AsN2O4. The Morgan fingerprint density at radius 1 is 0.895 bits per heavy atom. The van der Waals surface area contributed by atoms with Crippen LogP contribution < -0.4 is 4.35 Å². The van der Waals surface area contributed by atoms with Crippen LogP contribution in [-0.2, 0) is 3.74 Å². The molecule has 0 saturated heterocycles. The molecule has 19 heavy (non-hydrogen) atoms. The molecule has 0 aliphatic rings. The molecule has 0 aliphatic heterocycles. The van der Waals surface area contributed by atoms with Gasteiger partial charge in [-0.15, -0.1) is 0 Å². The SMILES string of the molecule is O=[As](O)(O)c1ccc(N=Nc2ccccc2O)cc1. The molecule has 0 radical (unpaired) electrons. The second-order valence-corrected chi connectivity index (χ2v) is 7.12. The fraction of sp³-hybridized carbons (Fsp3) is 0. The minimum absolute atomic E-state index is 0.0142. The summed E-state index contributed by atoms with van der Waals surface area (Å²) in [5.41, 5.74) is 0.765. The first-order valence-electron chi connectivity index (χ1n) is 5.33. The van der Waals surface area contributed by atoms with E-state index in [1.165, 1.54) is 30.3 Å². The second kappa shape index (κ2) is 5.40. The van der Waals surface area contributed by atoms with Gasteiger partial charge in [-0.2, -0.15) is 0 Å². The Morgan fingerprint density at radius 2 is 1.53 bits per heavy atom. The van der Waals surface area contributed by atoms with E-state index in [4.69, 9.17) is 8.19 Å². The van der Waals surface area contributed by atoms with Crippen molar-refractivity contribution in [1.82, 2.24) is 0 Å². The quantitative estimate of drug-likeness (QED) is 0.586. The first kappa shape index (κ1) is 13.5. The van der Waals surface area contributed by atoms with Crippen molar-refractivity contribution in [2.45, 2.75) is 0 Å². The zero-order valence-corrected chi connectivity index (χ0v) is 11.6. The molecule has 0 saturated carbocycles. The standard InChI is InChI=1S/C12H11AsN2O4/c16-12-4-2-1-3-11(12)15-14-10-7-5-9(6-8-10)13(17,18)19/h1-8,16H,(H2,17,18,19). The monoisotopic (exact) mass is 322 g/mol. The van der Waals surface area contributed by atoms with E-state index in [1.807, 2.05) is 0 Å². The van der Waals surface area contributed by atoms with Gasteiger partial charge in [0.05, 0.1) is 0 Å². The summed E-state index contributed by atoms with van der Waals surface area (Å²) in [6.07, 6.45) is 0. The van der Waals surface area contributed by atoms with Gasteiger partial charge in [-0.3, -0.25) is 0 Å². The van der Waals surface area contributed by atoms with Gasteiger partial charge in [0.25, 0.3) is 0 Å². The number of hydrogen-bond acceptors (Lipinski definition) is 4. The van der Waals surface area contributed by atoms with E-state index < -0.39 is 14.2 Å². The number of hydrogen-bond donors (Lipinski definition) is 3. The van der Waals surface area contributed by atoms with Crippen LogP contribution >= 0.6 is 0 Å². The molecule has 0 atom stereocenters. The van der Waals surface area contributed by atoms with Crippen molar-refractivity contribution in [3.8, 4) is 5.75 Å². The molecule has 0 fully saturated rings. The summed E-state index contributed by atoms with van der Waals surface area (Å²) >= 11 is -4.85. The van der Waals surface area contributed by atoms with E-state index in [0.717, 1.165) is 0 Å². The van der Waals surface area contributed by atoms with Crippen molar-refractivity contribution in [2.24, 2.45) is 10.2 Å². The van der Waals surface area contributed by atoms with Crippen molar-refractivity contribution in [2.75, 3.05) is 0 Å². The molecule has 6 nitrogen and oxygen atoms in total. The summed E-state index contributed by atoms with van der Waals surface area (Å²) in [5, 5.41) is 17.2. The van der Waals surface area contributed by atoms with E-state index >= 15 is 0 Å². The van der Waals surface area contributed by atoms with Crippen molar-refractivity contribution in [3.63, 3.8) is 0 Å². The number of para-hydroxylation sites is 1. The molecule has 0 unspecified atom stereocenters. The zero-order chi connectivity index (χ0) is 13.9. The predicted molar refractivity (Wildman–Crippen MR) is 69.2 cm³/mol. The Morgan fingerprint density at radius 3 is 2.11 bits per heavy atom. The maximum atomic E-state index is 11.0. The Hall–Kier alpha value is -1.88. The van der Waals surface area contributed by atoms with Gasteiger partial charge >= 0.3 is 111 Å². The Bertz CT molecular complexity index is 649. The van der Waals surface area contributed by atoms with Crippen LogP contribution in [0.1, 0.15) is 0 Å². The Kier molecular flexibility index (Phi) is 3.85. The minimum atomic E-state index is -4.85. The average Bonchev–Trinajstić information content (AvgIpc) is 2.37. The summed E-state index contributed by atoms with van der Waals surface area (Å²) in [6, 6.07) is 12.0. The molecule has 7 heteroatoms. The molecule has 2 aromatic rings. The van der Waals surface area contributed by atoms with Gasteiger partial charge in [0.1, 0.15) is 0 Å². The van der Waals surface area contributed by atoms with E-state index in [2.05, 4.69) is 10.2 Å². The van der Waals surface area contributed by atoms with Gasteiger partial charge < -0.3 is 0 Å². The summed E-state index contributed by atoms with van der Waals surface area (Å²) in [7, 11) is 0. The predicted octanol–water partition coefficient (Wildman–Crippen LogP) is 1.37. The van der Waals surface area contributed by atoms with Crippen LogP contribution in [-0.4, -0.2) is 27.5 Å². The van der Waals surface area contributed by atoms with Gasteiger partial charge in [0.2, 0.25) is 0 Å². The number of nitrogens with zero attached hydrogens (tertiary/aromatic N) is 2. The number of aromatic hydroxyl groups is 1. The second-order valence-electron chi connectivity index (χ2n) is 3.75. The van der Waals surface area contributed by atoms with Gasteiger partial charge in [0, 0.05) is 0 Å². The molecule has 98 valence electrons. The molecule has 0 heterocycles. The van der Waals surface area contributed by atoms with Crippen molar-refractivity contribution in [3.05, 3.63) is 48.5 Å². The van der Waals surface area contributed by atoms with Crippen LogP contribution in [0.15, 0.2) is 58.8 Å². The molecule has 0 spiro atoms. The molecule has 0 aliphatic carbocycles. The third kappa shape index (κ3) is 3.54. The first-order chi connectivity index (χ1) is 8.97. The van der Waals surface area contributed by atoms with E-state index in [1.54, 1.807) is 18.2 Å². The van der Waals surface area contributed by atoms with Gasteiger partial charge in [-0.25, -0.2) is 0 Å². The molecule has 2 rings (SSSR count). The first-order valence-corrected chi connectivity index (χ1v) is 8.71. The van der Waals surface area contributed by atoms with Crippen LogP contribution in [0.4, 0.5) is 11.4 Å². The number of phenols is 1. The fourth-order valence-corrected chi connectivity index (χ4v) is 2.50. The van der Waals surface area contributed by atoms with E-state index in [-0.39, 0.29) is 10.1 Å². The van der Waals surface area contributed by atoms with E-state index in [9.17, 15) is 8.85 Å². The van der Waals surface area contributed by atoms with Crippen LogP contribution in [0, 0.1) is 0 Å². The number of azo groups is 1. The molecule has 0 amide bonds. The topological polar surface area (TPSA) is 102 Å². The fourth-order valence-electron chi connectivity index (χ4n) is 1.37. The summed E-state index contributed by atoms with van der Waals surface area (Å²) in [4.78, 5) is 0. The summed E-state index contributed by atoms with van der Waals surface area (Å²) in [5.74, 6) is 0.0151. The zero-order valence-electron chi connectivity index (χ0n) is 9.71. The third-order valence-corrected chi connectivity index (χ3v) is 4.38. The Labute approximate surface area is 112 Å². The average molecular weight is 322 g/mol. The molecule has 2 aromatic carbocycles. The molecule has 0 aromatic heterocycles. The van der Waals surface area contributed by atoms with Gasteiger partial charge in [-0.05, 0) is 0 Å². The van der Waals surface area contributed by atoms with Crippen LogP contribution in [0.2, 0.25) is 0 Å². The molecule has 3 N–H and O–H groups in total. The normalized spacial score (nSPS) is 11.9. The van der Waals surface area contributed by atoms with E-state index in [0.29, 0.717) is 11.4 Å². The number of rotatable bonds is 3. The summed E-state index contributed by atoms with van der Waals surface area (Å²) < 4.78 is 29.0. The maximum absolute atomic E-state index is 11.0. The van der Waals surface area contributed by atoms with Crippen LogP contribution in [0.25, 0.3) is 0 Å². The number of phenolic OH excluding ortho intramolecular Hbond substituents is 1. The Balaban J connectivity index is 2.21. The van der Waals surface area contributed by atoms with Gasteiger partial charge in [-0.1, -0.05) is 0 Å². The molecule has 0 bridgehead atoms. The van der Waals surface area contributed by atoms with Crippen molar-refractivity contribution >= 4 is 29.9 Å². The van der Waals surface area contributed by atoms with Gasteiger partial charge in [0.15, 0.2) is 0 Å². The van der Waals surface area contributed by atoms with Crippen molar-refractivity contribution < 1.29 is 17.0 Å². The van der Waals surface area contributed by atoms with Crippen molar-refractivity contribution in [1.29, 1.82) is 0 Å². The number of benzene rings is 2.